The Labute approximate surface area is 125 Å². The summed E-state index contributed by atoms with van der Waals surface area (Å²) in [5.41, 5.74) is 6.28. The van der Waals surface area contributed by atoms with Crippen molar-refractivity contribution in [1.29, 1.82) is 0 Å². The predicted molar refractivity (Wildman–Crippen MR) is 85.9 cm³/mol. The Balaban J connectivity index is 0.00000180. The van der Waals surface area contributed by atoms with Crippen molar-refractivity contribution >= 4 is 12.4 Å². The van der Waals surface area contributed by atoms with Crippen molar-refractivity contribution in [2.45, 2.75) is 70.8 Å². The Hall–Kier alpha value is 0.210. The number of likely N-dealkylation sites (tertiary alicyclic amines) is 1. The van der Waals surface area contributed by atoms with Crippen molar-refractivity contribution in [3.05, 3.63) is 0 Å². The Bertz CT molecular complexity index is 235. The second kappa shape index (κ2) is 9.20. The number of piperidine rings is 1. The molecule has 1 saturated carbocycles. The molecule has 2 nitrogen and oxygen atoms in total. The molecule has 2 aliphatic rings. The fraction of sp³-hybridized carbons (Fsp3) is 1.00. The molecule has 0 aromatic rings. The number of halogens is 1. The molecule has 0 aromatic heterocycles. The second-order valence-electron chi connectivity index (χ2n) is 6.62. The number of hydrogen-bond acceptors (Lipinski definition) is 2. The van der Waals surface area contributed by atoms with Crippen molar-refractivity contribution in [2.24, 2.45) is 17.6 Å². The average molecular weight is 289 g/mol. The van der Waals surface area contributed by atoms with Crippen molar-refractivity contribution in [1.82, 2.24) is 4.90 Å². The van der Waals surface area contributed by atoms with Crippen LogP contribution in [0.3, 0.4) is 0 Å². The smallest absolute Gasteiger partial charge is 0.00793 e. The van der Waals surface area contributed by atoms with Crippen LogP contribution < -0.4 is 5.73 Å². The molecule has 0 bridgehead atoms. The summed E-state index contributed by atoms with van der Waals surface area (Å²) < 4.78 is 0. The topological polar surface area (TPSA) is 29.3 Å². The molecule has 114 valence electrons. The minimum atomic E-state index is 0. The Kier molecular flexibility index (Phi) is 8.36. The van der Waals surface area contributed by atoms with Crippen LogP contribution in [-0.2, 0) is 0 Å². The zero-order valence-electron chi connectivity index (χ0n) is 12.7. The van der Waals surface area contributed by atoms with E-state index in [4.69, 9.17) is 5.73 Å². The highest BCUT2D eigenvalue weighted by molar-refractivity contribution is 5.85. The summed E-state index contributed by atoms with van der Waals surface area (Å²) in [5, 5.41) is 0. The number of nitrogens with two attached hydrogens (primary N) is 1. The van der Waals surface area contributed by atoms with E-state index in [1.165, 1.54) is 77.4 Å². The first-order valence-electron chi connectivity index (χ1n) is 8.27. The lowest BCUT2D eigenvalue weighted by molar-refractivity contribution is 0.125. The van der Waals surface area contributed by atoms with E-state index >= 15 is 0 Å². The molecule has 1 heterocycles. The zero-order valence-corrected chi connectivity index (χ0v) is 13.5. The monoisotopic (exact) mass is 288 g/mol. The number of rotatable bonds is 5. The number of hydrogen-bond donors (Lipinski definition) is 1. The summed E-state index contributed by atoms with van der Waals surface area (Å²) in [6, 6.07) is 0.481. The highest BCUT2D eigenvalue weighted by Crippen LogP contribution is 2.27. The van der Waals surface area contributed by atoms with Gasteiger partial charge >= 0.3 is 0 Å². The third kappa shape index (κ3) is 5.61. The fourth-order valence-electron chi connectivity index (χ4n) is 3.84. The Morgan fingerprint density at radius 1 is 1.11 bits per heavy atom. The Morgan fingerprint density at radius 3 is 2.63 bits per heavy atom. The summed E-state index contributed by atoms with van der Waals surface area (Å²) >= 11 is 0. The van der Waals surface area contributed by atoms with Gasteiger partial charge < -0.3 is 10.6 Å². The summed E-state index contributed by atoms with van der Waals surface area (Å²) in [7, 11) is 0. The van der Waals surface area contributed by atoms with Gasteiger partial charge in [-0.05, 0) is 50.5 Å². The third-order valence-corrected chi connectivity index (χ3v) is 5.03. The zero-order chi connectivity index (χ0) is 12.8. The van der Waals surface area contributed by atoms with Crippen LogP contribution in [0, 0.1) is 11.8 Å². The van der Waals surface area contributed by atoms with Crippen LogP contribution in [0.5, 0.6) is 0 Å². The van der Waals surface area contributed by atoms with E-state index in [-0.39, 0.29) is 12.4 Å². The molecule has 3 heteroatoms. The van der Waals surface area contributed by atoms with Crippen LogP contribution in [0.15, 0.2) is 0 Å². The fourth-order valence-corrected chi connectivity index (χ4v) is 3.84. The van der Waals surface area contributed by atoms with Gasteiger partial charge in [-0.3, -0.25) is 0 Å². The van der Waals surface area contributed by atoms with Crippen LogP contribution in [-0.4, -0.2) is 30.6 Å². The van der Waals surface area contributed by atoms with Gasteiger partial charge in [0.2, 0.25) is 0 Å². The first-order valence-corrected chi connectivity index (χ1v) is 8.27. The van der Waals surface area contributed by atoms with Gasteiger partial charge in [-0.25, -0.2) is 0 Å². The molecule has 1 saturated heterocycles. The van der Waals surface area contributed by atoms with Crippen LogP contribution in [0.1, 0.15) is 64.7 Å². The molecule has 2 N–H and O–H groups in total. The number of unbranched alkanes of at least 4 members (excludes halogenated alkanes) is 1. The highest BCUT2D eigenvalue weighted by Gasteiger charge is 2.26. The molecule has 1 unspecified atom stereocenters. The van der Waals surface area contributed by atoms with Crippen LogP contribution in [0.25, 0.3) is 0 Å². The van der Waals surface area contributed by atoms with Crippen molar-refractivity contribution in [2.75, 3.05) is 19.6 Å². The lowest BCUT2D eigenvalue weighted by Crippen LogP contribution is -2.44. The van der Waals surface area contributed by atoms with E-state index in [0.717, 1.165) is 11.8 Å². The minimum absolute atomic E-state index is 0. The van der Waals surface area contributed by atoms with Crippen molar-refractivity contribution in [3.63, 3.8) is 0 Å². The summed E-state index contributed by atoms with van der Waals surface area (Å²) in [4.78, 5) is 2.72. The maximum atomic E-state index is 6.28. The van der Waals surface area contributed by atoms with Gasteiger partial charge in [0.05, 0.1) is 0 Å². The molecule has 1 aliphatic heterocycles. The molecular weight excluding hydrogens is 256 g/mol. The predicted octanol–water partition coefficient (Wildman–Crippen LogP) is 3.83. The summed E-state index contributed by atoms with van der Waals surface area (Å²) in [6.07, 6.45) is 12.5. The molecule has 2 fully saturated rings. The van der Waals surface area contributed by atoms with Gasteiger partial charge in [-0.15, -0.1) is 12.4 Å². The average Bonchev–Trinajstić information content (AvgIpc) is 2.40. The van der Waals surface area contributed by atoms with Gasteiger partial charge in [-0.1, -0.05) is 32.6 Å². The van der Waals surface area contributed by atoms with Gasteiger partial charge in [0.25, 0.3) is 0 Å². The van der Waals surface area contributed by atoms with E-state index in [1.807, 2.05) is 0 Å². The maximum Gasteiger partial charge on any atom is 0.00793 e. The van der Waals surface area contributed by atoms with Gasteiger partial charge in [0, 0.05) is 19.1 Å². The SMILES string of the molecule is CCCCC1CCCN(C[C@@H]2CCCC[C@H]2N)C1.Cl. The third-order valence-electron chi connectivity index (χ3n) is 5.03. The van der Waals surface area contributed by atoms with Crippen LogP contribution in [0.4, 0.5) is 0 Å². The largest absolute Gasteiger partial charge is 0.327 e. The normalized spacial score (nSPS) is 32.8. The molecule has 2 rings (SSSR count). The first-order chi connectivity index (χ1) is 8.79. The van der Waals surface area contributed by atoms with Gasteiger partial charge in [0.1, 0.15) is 0 Å². The Morgan fingerprint density at radius 2 is 1.89 bits per heavy atom. The summed E-state index contributed by atoms with van der Waals surface area (Å²) in [6.45, 7) is 6.26. The highest BCUT2D eigenvalue weighted by atomic mass is 35.5. The number of nitrogens with zero attached hydrogens (tertiary/aromatic N) is 1. The van der Waals surface area contributed by atoms with Crippen LogP contribution in [0.2, 0.25) is 0 Å². The van der Waals surface area contributed by atoms with E-state index in [9.17, 15) is 0 Å². The lowest BCUT2D eigenvalue weighted by atomic mass is 9.84. The molecule has 1 aliphatic carbocycles. The second-order valence-corrected chi connectivity index (χ2v) is 6.62. The molecule has 3 atom stereocenters. The molecular formula is C16H33ClN2. The molecule has 0 amide bonds. The molecule has 19 heavy (non-hydrogen) atoms. The molecule has 0 radical (unpaired) electrons. The lowest BCUT2D eigenvalue weighted by Gasteiger charge is -2.38. The standard InChI is InChI=1S/C16H32N2.ClH/c1-2-3-7-14-8-6-11-18(12-14)13-15-9-4-5-10-16(15)17;/h14-16H,2-13,17H2,1H3;1H/t14?,15-,16+;/m0./s1. The van der Waals surface area contributed by atoms with E-state index in [1.54, 1.807) is 0 Å². The maximum absolute atomic E-state index is 6.28. The van der Waals surface area contributed by atoms with E-state index in [2.05, 4.69) is 11.8 Å². The van der Waals surface area contributed by atoms with E-state index < -0.39 is 0 Å². The minimum Gasteiger partial charge on any atom is -0.327 e. The van der Waals surface area contributed by atoms with Gasteiger partial charge in [0.15, 0.2) is 0 Å². The molecule has 0 aromatic carbocycles. The van der Waals surface area contributed by atoms with Crippen molar-refractivity contribution < 1.29 is 0 Å². The summed E-state index contributed by atoms with van der Waals surface area (Å²) in [5.74, 6) is 1.75. The van der Waals surface area contributed by atoms with Gasteiger partial charge in [-0.2, -0.15) is 0 Å². The quantitative estimate of drug-likeness (QED) is 0.833. The molecule has 0 spiro atoms. The van der Waals surface area contributed by atoms with E-state index in [0.29, 0.717) is 6.04 Å². The first kappa shape index (κ1) is 17.3. The van der Waals surface area contributed by atoms with Crippen LogP contribution >= 0.6 is 12.4 Å². The van der Waals surface area contributed by atoms with Crippen molar-refractivity contribution in [3.8, 4) is 0 Å².